The van der Waals surface area contributed by atoms with E-state index in [0.717, 1.165) is 36.1 Å². The molecule has 2 N–H and O–H groups in total. The Bertz CT molecular complexity index is 621. The van der Waals surface area contributed by atoms with E-state index in [1.54, 1.807) is 0 Å². The van der Waals surface area contributed by atoms with Crippen molar-refractivity contribution in [3.05, 3.63) is 42.5 Å². The van der Waals surface area contributed by atoms with Gasteiger partial charge in [0.05, 0.1) is 5.69 Å². The lowest BCUT2D eigenvalue weighted by atomic mass is 10.1. The molecule has 1 aliphatic heterocycles. The summed E-state index contributed by atoms with van der Waals surface area (Å²) in [7, 11) is 0. The number of carbonyl (C=O) groups excluding carboxylic acids is 1. The highest BCUT2D eigenvalue weighted by molar-refractivity contribution is 6.01. The molecule has 2 aromatic rings. The number of nitrogens with zero attached hydrogens (tertiary/aromatic N) is 1. The van der Waals surface area contributed by atoms with Crippen LogP contribution in [0.2, 0.25) is 0 Å². The van der Waals surface area contributed by atoms with E-state index in [1.807, 2.05) is 35.2 Å². The Morgan fingerprint density at radius 3 is 2.90 bits per heavy atom. The Balaban J connectivity index is 1.80. The number of hydrogen-bond acceptors (Lipinski definition) is 2. The van der Waals surface area contributed by atoms with Crippen molar-refractivity contribution in [2.24, 2.45) is 0 Å². The van der Waals surface area contributed by atoms with Crippen molar-refractivity contribution >= 4 is 22.5 Å². The molecule has 2 amide bonds. The van der Waals surface area contributed by atoms with E-state index in [-0.39, 0.29) is 6.03 Å². The minimum absolute atomic E-state index is 0.0188. The monoisotopic (exact) mass is 269 g/mol. The van der Waals surface area contributed by atoms with Gasteiger partial charge in [-0.3, -0.25) is 0 Å². The van der Waals surface area contributed by atoms with E-state index in [4.69, 9.17) is 0 Å². The Hall–Kier alpha value is -2.07. The second kappa shape index (κ2) is 5.51. The molecular formula is C16H19N3O. The van der Waals surface area contributed by atoms with Gasteiger partial charge < -0.3 is 15.5 Å². The molecule has 0 radical (unpaired) electrons. The Labute approximate surface area is 118 Å². The summed E-state index contributed by atoms with van der Waals surface area (Å²) in [4.78, 5) is 14.2. The van der Waals surface area contributed by atoms with Crippen molar-refractivity contribution in [3.8, 4) is 0 Å². The van der Waals surface area contributed by atoms with Crippen LogP contribution in [0.4, 0.5) is 10.5 Å². The van der Waals surface area contributed by atoms with Crippen molar-refractivity contribution in [1.82, 2.24) is 10.2 Å². The maximum atomic E-state index is 12.3. The molecule has 4 nitrogen and oxygen atoms in total. The number of benzene rings is 2. The summed E-state index contributed by atoms with van der Waals surface area (Å²) in [5, 5.41) is 8.59. The fraction of sp³-hybridized carbons (Fsp3) is 0.312. The third-order valence-electron chi connectivity index (χ3n) is 3.69. The smallest absolute Gasteiger partial charge is 0.321 e. The zero-order valence-corrected chi connectivity index (χ0v) is 11.6. The lowest BCUT2D eigenvalue weighted by Gasteiger charge is -2.32. The van der Waals surface area contributed by atoms with Crippen LogP contribution >= 0.6 is 0 Å². The van der Waals surface area contributed by atoms with Crippen molar-refractivity contribution in [2.75, 3.05) is 25.0 Å². The quantitative estimate of drug-likeness (QED) is 0.836. The van der Waals surface area contributed by atoms with Crippen LogP contribution in [0.25, 0.3) is 10.8 Å². The van der Waals surface area contributed by atoms with Crippen LogP contribution in [0.5, 0.6) is 0 Å². The molecule has 0 unspecified atom stereocenters. The van der Waals surface area contributed by atoms with E-state index < -0.39 is 0 Å². The Morgan fingerprint density at radius 2 is 2.05 bits per heavy atom. The van der Waals surface area contributed by atoms with Crippen LogP contribution in [0.3, 0.4) is 0 Å². The molecule has 3 rings (SSSR count). The molecule has 0 aromatic heterocycles. The predicted octanol–water partition coefficient (Wildman–Crippen LogP) is 2.67. The maximum Gasteiger partial charge on any atom is 0.321 e. The zero-order valence-electron chi connectivity index (χ0n) is 11.6. The number of piperazine rings is 1. The van der Waals surface area contributed by atoms with E-state index in [2.05, 4.69) is 29.7 Å². The summed E-state index contributed by atoms with van der Waals surface area (Å²) < 4.78 is 0. The molecule has 1 atom stereocenters. The van der Waals surface area contributed by atoms with Gasteiger partial charge in [-0.2, -0.15) is 0 Å². The van der Waals surface area contributed by atoms with Gasteiger partial charge in [-0.1, -0.05) is 36.4 Å². The Kier molecular flexibility index (Phi) is 3.56. The van der Waals surface area contributed by atoms with Gasteiger partial charge in [0, 0.05) is 31.1 Å². The molecule has 1 fully saturated rings. The first kappa shape index (κ1) is 12.9. The molecule has 1 aliphatic rings. The SMILES string of the molecule is C[C@@H]1CN(C(=O)Nc2cccc3ccccc23)CCN1. The van der Waals surface area contributed by atoms with E-state index in [0.29, 0.717) is 6.04 Å². The summed E-state index contributed by atoms with van der Waals surface area (Å²) in [5.41, 5.74) is 0.874. The highest BCUT2D eigenvalue weighted by Crippen LogP contribution is 2.23. The molecule has 0 saturated carbocycles. The molecule has 4 heteroatoms. The largest absolute Gasteiger partial charge is 0.322 e. The molecule has 0 spiro atoms. The molecule has 104 valence electrons. The number of urea groups is 1. The number of hydrogen-bond donors (Lipinski definition) is 2. The molecule has 20 heavy (non-hydrogen) atoms. The van der Waals surface area contributed by atoms with Gasteiger partial charge in [0.25, 0.3) is 0 Å². The third-order valence-corrected chi connectivity index (χ3v) is 3.69. The summed E-state index contributed by atoms with van der Waals surface area (Å²) >= 11 is 0. The van der Waals surface area contributed by atoms with Crippen LogP contribution in [0.1, 0.15) is 6.92 Å². The molecule has 0 aliphatic carbocycles. The second-order valence-corrected chi connectivity index (χ2v) is 5.26. The topological polar surface area (TPSA) is 44.4 Å². The summed E-state index contributed by atoms with van der Waals surface area (Å²) in [6.45, 7) is 4.44. The first-order chi connectivity index (χ1) is 9.74. The maximum absolute atomic E-state index is 12.3. The normalized spacial score (nSPS) is 19.1. The number of anilines is 1. The minimum Gasteiger partial charge on any atom is -0.322 e. The first-order valence-electron chi connectivity index (χ1n) is 7.01. The Morgan fingerprint density at radius 1 is 1.25 bits per heavy atom. The van der Waals surface area contributed by atoms with Gasteiger partial charge in [-0.05, 0) is 18.4 Å². The van der Waals surface area contributed by atoms with Crippen LogP contribution < -0.4 is 10.6 Å². The number of amides is 2. The number of nitrogens with one attached hydrogen (secondary N) is 2. The fourth-order valence-electron chi connectivity index (χ4n) is 2.65. The number of rotatable bonds is 1. The van der Waals surface area contributed by atoms with Crippen molar-refractivity contribution in [1.29, 1.82) is 0 Å². The van der Waals surface area contributed by atoms with Crippen molar-refractivity contribution < 1.29 is 4.79 Å². The lowest BCUT2D eigenvalue weighted by Crippen LogP contribution is -2.52. The van der Waals surface area contributed by atoms with Gasteiger partial charge in [-0.15, -0.1) is 0 Å². The fourth-order valence-corrected chi connectivity index (χ4v) is 2.65. The molecule has 2 aromatic carbocycles. The highest BCUT2D eigenvalue weighted by Gasteiger charge is 2.20. The van der Waals surface area contributed by atoms with Crippen molar-refractivity contribution in [3.63, 3.8) is 0 Å². The average molecular weight is 269 g/mol. The van der Waals surface area contributed by atoms with E-state index >= 15 is 0 Å². The van der Waals surface area contributed by atoms with Crippen LogP contribution in [0.15, 0.2) is 42.5 Å². The van der Waals surface area contributed by atoms with Gasteiger partial charge in [0.15, 0.2) is 0 Å². The third kappa shape index (κ3) is 2.60. The highest BCUT2D eigenvalue weighted by atomic mass is 16.2. The van der Waals surface area contributed by atoms with Gasteiger partial charge in [0.1, 0.15) is 0 Å². The van der Waals surface area contributed by atoms with Crippen LogP contribution in [-0.4, -0.2) is 36.6 Å². The standard InChI is InChI=1S/C16H19N3O/c1-12-11-19(10-9-17-12)16(20)18-15-8-4-6-13-5-2-3-7-14(13)15/h2-8,12,17H,9-11H2,1H3,(H,18,20)/t12-/m1/s1. The van der Waals surface area contributed by atoms with Gasteiger partial charge in [0.2, 0.25) is 0 Å². The summed E-state index contributed by atoms with van der Waals surface area (Å²) in [6, 6.07) is 14.4. The average Bonchev–Trinajstić information content (AvgIpc) is 2.47. The van der Waals surface area contributed by atoms with E-state index in [1.165, 1.54) is 0 Å². The minimum atomic E-state index is -0.0188. The predicted molar refractivity (Wildman–Crippen MR) is 82.0 cm³/mol. The van der Waals surface area contributed by atoms with Crippen LogP contribution in [0, 0.1) is 0 Å². The molecular weight excluding hydrogens is 250 g/mol. The van der Waals surface area contributed by atoms with Gasteiger partial charge in [-0.25, -0.2) is 4.79 Å². The van der Waals surface area contributed by atoms with Gasteiger partial charge >= 0.3 is 6.03 Å². The number of carbonyl (C=O) groups is 1. The molecule has 1 saturated heterocycles. The zero-order chi connectivity index (χ0) is 13.9. The number of fused-ring (bicyclic) bond motifs is 1. The lowest BCUT2D eigenvalue weighted by molar-refractivity contribution is 0.192. The van der Waals surface area contributed by atoms with Crippen LogP contribution in [-0.2, 0) is 0 Å². The first-order valence-corrected chi connectivity index (χ1v) is 7.01. The van der Waals surface area contributed by atoms with Crippen molar-refractivity contribution in [2.45, 2.75) is 13.0 Å². The summed E-state index contributed by atoms with van der Waals surface area (Å²) in [6.07, 6.45) is 0. The second-order valence-electron chi connectivity index (χ2n) is 5.26. The molecule has 0 bridgehead atoms. The molecule has 1 heterocycles. The van der Waals surface area contributed by atoms with E-state index in [9.17, 15) is 4.79 Å². The summed E-state index contributed by atoms with van der Waals surface area (Å²) in [5.74, 6) is 0.